The first-order valence-corrected chi connectivity index (χ1v) is 5.64. The lowest BCUT2D eigenvalue weighted by atomic mass is 10.2. The Balaban J connectivity index is 0.000000606. The van der Waals surface area contributed by atoms with Gasteiger partial charge in [0.25, 0.3) is 5.91 Å². The van der Waals surface area contributed by atoms with Gasteiger partial charge in [-0.2, -0.15) is 5.10 Å². The minimum absolute atomic E-state index is 0.124. The molecular formula is C11H19N3O2. The number of nitrogens with one attached hydrogen (secondary N) is 1. The summed E-state index contributed by atoms with van der Waals surface area (Å²) in [5, 5.41) is 6.89. The summed E-state index contributed by atoms with van der Waals surface area (Å²) in [6.45, 7) is 5.34. The molecule has 90 valence electrons. The van der Waals surface area contributed by atoms with Gasteiger partial charge in [-0.3, -0.25) is 9.48 Å². The van der Waals surface area contributed by atoms with Crippen molar-refractivity contribution in [2.75, 3.05) is 13.2 Å². The van der Waals surface area contributed by atoms with Crippen LogP contribution in [0.5, 0.6) is 0 Å². The number of amides is 1. The number of aryl methyl sites for hydroxylation is 1. The molecule has 2 heterocycles. The third-order valence-electron chi connectivity index (χ3n) is 2.21. The lowest BCUT2D eigenvalue weighted by molar-refractivity contribution is 0.0924. The summed E-state index contributed by atoms with van der Waals surface area (Å²) in [7, 11) is 1.79. The molecule has 1 atom stereocenters. The van der Waals surface area contributed by atoms with Gasteiger partial charge in [0.1, 0.15) is 5.69 Å². The fraction of sp³-hybridized carbons (Fsp3) is 0.636. The quantitative estimate of drug-likeness (QED) is 0.815. The maximum Gasteiger partial charge on any atom is 0.272 e. The molecule has 0 aromatic carbocycles. The van der Waals surface area contributed by atoms with E-state index in [-0.39, 0.29) is 11.9 Å². The van der Waals surface area contributed by atoms with Crippen LogP contribution in [0.4, 0.5) is 0 Å². The van der Waals surface area contributed by atoms with Gasteiger partial charge in [-0.05, 0) is 12.5 Å². The Kier molecular flexibility index (Phi) is 4.98. The highest BCUT2D eigenvalue weighted by atomic mass is 16.5. The summed E-state index contributed by atoms with van der Waals surface area (Å²) in [6.07, 6.45) is 2.64. The molecule has 0 bridgehead atoms. The molecule has 1 aromatic rings. The van der Waals surface area contributed by atoms with Gasteiger partial charge in [0, 0.05) is 19.9 Å². The van der Waals surface area contributed by atoms with Crippen LogP contribution >= 0.6 is 0 Å². The van der Waals surface area contributed by atoms with Crippen molar-refractivity contribution < 1.29 is 9.53 Å². The molecule has 1 amide bonds. The number of aromatic nitrogens is 2. The van der Waals surface area contributed by atoms with Crippen molar-refractivity contribution in [2.45, 2.75) is 26.3 Å². The molecule has 16 heavy (non-hydrogen) atoms. The summed E-state index contributed by atoms with van der Waals surface area (Å²) >= 11 is 0. The fourth-order valence-corrected chi connectivity index (χ4v) is 1.44. The van der Waals surface area contributed by atoms with Crippen LogP contribution in [0.25, 0.3) is 0 Å². The van der Waals surface area contributed by atoms with Crippen molar-refractivity contribution in [3.8, 4) is 0 Å². The second-order valence-electron chi connectivity index (χ2n) is 3.41. The van der Waals surface area contributed by atoms with E-state index in [1.165, 1.54) is 0 Å². The summed E-state index contributed by atoms with van der Waals surface area (Å²) in [4.78, 5) is 11.6. The van der Waals surface area contributed by atoms with Gasteiger partial charge >= 0.3 is 0 Å². The smallest absolute Gasteiger partial charge is 0.272 e. The Bertz CT molecular complexity index is 330. The number of carbonyl (C=O) groups is 1. The Labute approximate surface area is 95.8 Å². The summed E-state index contributed by atoms with van der Waals surface area (Å²) in [5.41, 5.74) is 0.458. The molecule has 1 aliphatic heterocycles. The van der Waals surface area contributed by atoms with Gasteiger partial charge in [0.2, 0.25) is 0 Å². The highest BCUT2D eigenvalue weighted by Crippen LogP contribution is 2.04. The van der Waals surface area contributed by atoms with Crippen molar-refractivity contribution in [3.05, 3.63) is 18.0 Å². The standard InChI is InChI=1S/C9H13N3O2.C2H6/c1-12-4-2-8(11-12)9(13)10-7-3-5-14-6-7;1-2/h2,4,7H,3,5-6H2,1H3,(H,10,13);1-2H3. The van der Waals surface area contributed by atoms with Crippen LogP contribution in [-0.2, 0) is 11.8 Å². The molecule has 1 aliphatic rings. The molecule has 1 unspecified atom stereocenters. The van der Waals surface area contributed by atoms with E-state index in [0.717, 1.165) is 13.0 Å². The molecule has 2 rings (SSSR count). The number of hydrogen-bond donors (Lipinski definition) is 1. The SMILES string of the molecule is CC.Cn1ccc(C(=O)NC2CCOC2)n1. The van der Waals surface area contributed by atoms with Gasteiger partial charge in [-0.15, -0.1) is 0 Å². The largest absolute Gasteiger partial charge is 0.379 e. The zero-order valence-corrected chi connectivity index (χ0v) is 10.1. The monoisotopic (exact) mass is 225 g/mol. The summed E-state index contributed by atoms with van der Waals surface area (Å²) in [6, 6.07) is 1.84. The minimum atomic E-state index is -0.124. The summed E-state index contributed by atoms with van der Waals surface area (Å²) in [5.74, 6) is -0.124. The van der Waals surface area contributed by atoms with Crippen molar-refractivity contribution in [3.63, 3.8) is 0 Å². The topological polar surface area (TPSA) is 56.2 Å². The second-order valence-corrected chi connectivity index (χ2v) is 3.41. The van der Waals surface area contributed by atoms with E-state index in [1.807, 2.05) is 13.8 Å². The van der Waals surface area contributed by atoms with Crippen LogP contribution in [0.3, 0.4) is 0 Å². The van der Waals surface area contributed by atoms with Crippen molar-refractivity contribution in [1.29, 1.82) is 0 Å². The van der Waals surface area contributed by atoms with E-state index >= 15 is 0 Å². The molecular weight excluding hydrogens is 206 g/mol. The van der Waals surface area contributed by atoms with Crippen molar-refractivity contribution >= 4 is 5.91 Å². The number of carbonyl (C=O) groups excluding carboxylic acids is 1. The number of nitrogens with zero attached hydrogens (tertiary/aromatic N) is 2. The molecule has 1 saturated heterocycles. The van der Waals surface area contributed by atoms with Crippen molar-refractivity contribution in [2.24, 2.45) is 7.05 Å². The molecule has 1 aromatic heterocycles. The minimum Gasteiger partial charge on any atom is -0.379 e. The van der Waals surface area contributed by atoms with Crippen LogP contribution < -0.4 is 5.32 Å². The van der Waals surface area contributed by atoms with Gasteiger partial charge in [-0.25, -0.2) is 0 Å². The van der Waals surface area contributed by atoms with Gasteiger partial charge in [-0.1, -0.05) is 13.8 Å². The highest BCUT2D eigenvalue weighted by molar-refractivity contribution is 5.92. The normalized spacial score (nSPS) is 18.8. The molecule has 5 nitrogen and oxygen atoms in total. The average molecular weight is 225 g/mol. The molecule has 0 spiro atoms. The zero-order chi connectivity index (χ0) is 12.0. The average Bonchev–Trinajstić information content (AvgIpc) is 2.92. The van der Waals surface area contributed by atoms with Gasteiger partial charge < -0.3 is 10.1 Å². The fourth-order valence-electron chi connectivity index (χ4n) is 1.44. The molecule has 0 saturated carbocycles. The Morgan fingerprint density at radius 3 is 2.88 bits per heavy atom. The molecule has 1 N–H and O–H groups in total. The number of rotatable bonds is 2. The molecule has 1 fully saturated rings. The van der Waals surface area contributed by atoms with E-state index in [0.29, 0.717) is 12.3 Å². The third kappa shape index (κ3) is 3.34. The van der Waals surface area contributed by atoms with Crippen LogP contribution in [0.1, 0.15) is 30.8 Å². The Hall–Kier alpha value is -1.36. The second kappa shape index (κ2) is 6.27. The first-order chi connectivity index (χ1) is 7.75. The van der Waals surface area contributed by atoms with Crippen LogP contribution in [0.15, 0.2) is 12.3 Å². The lowest BCUT2D eigenvalue weighted by Crippen LogP contribution is -2.35. The highest BCUT2D eigenvalue weighted by Gasteiger charge is 2.19. The third-order valence-corrected chi connectivity index (χ3v) is 2.21. The lowest BCUT2D eigenvalue weighted by Gasteiger charge is -2.08. The van der Waals surface area contributed by atoms with E-state index < -0.39 is 0 Å². The van der Waals surface area contributed by atoms with E-state index in [2.05, 4.69) is 10.4 Å². The van der Waals surface area contributed by atoms with Gasteiger partial charge in [0.05, 0.1) is 12.6 Å². The van der Waals surface area contributed by atoms with E-state index in [9.17, 15) is 4.79 Å². The number of hydrogen-bond acceptors (Lipinski definition) is 3. The first-order valence-electron chi connectivity index (χ1n) is 5.64. The first kappa shape index (κ1) is 12.7. The zero-order valence-electron chi connectivity index (χ0n) is 10.1. The van der Waals surface area contributed by atoms with Crippen LogP contribution in [0.2, 0.25) is 0 Å². The maximum absolute atomic E-state index is 11.6. The van der Waals surface area contributed by atoms with Gasteiger partial charge in [0.15, 0.2) is 0 Å². The predicted octanol–water partition coefficient (Wildman–Crippen LogP) is 0.965. The van der Waals surface area contributed by atoms with Crippen molar-refractivity contribution in [1.82, 2.24) is 15.1 Å². The number of ether oxygens (including phenoxy) is 1. The molecule has 5 heteroatoms. The maximum atomic E-state index is 11.6. The Morgan fingerprint density at radius 1 is 1.62 bits per heavy atom. The summed E-state index contributed by atoms with van der Waals surface area (Å²) < 4.78 is 6.77. The van der Waals surface area contributed by atoms with Crippen LogP contribution in [0, 0.1) is 0 Å². The van der Waals surface area contributed by atoms with E-state index in [1.54, 1.807) is 24.0 Å². The van der Waals surface area contributed by atoms with Crippen LogP contribution in [-0.4, -0.2) is 34.9 Å². The predicted molar refractivity (Wildman–Crippen MR) is 61.2 cm³/mol. The molecule has 0 radical (unpaired) electrons. The van der Waals surface area contributed by atoms with E-state index in [4.69, 9.17) is 4.74 Å². The Morgan fingerprint density at radius 2 is 2.38 bits per heavy atom. The molecule has 0 aliphatic carbocycles.